The first kappa shape index (κ1) is 12.8. The van der Waals surface area contributed by atoms with Gasteiger partial charge >= 0.3 is 0 Å². The van der Waals surface area contributed by atoms with Crippen molar-refractivity contribution in [2.45, 2.75) is 32.7 Å². The molecule has 1 aromatic carbocycles. The minimum absolute atomic E-state index is 0.628. The molecule has 1 heterocycles. The Hall–Kier alpha value is -1.68. The lowest BCUT2D eigenvalue weighted by Crippen LogP contribution is -2.11. The highest BCUT2D eigenvalue weighted by Crippen LogP contribution is 2.09. The van der Waals surface area contributed by atoms with Crippen LogP contribution in [-0.2, 0) is 19.4 Å². The van der Waals surface area contributed by atoms with Crippen LogP contribution in [0.3, 0.4) is 0 Å². The van der Waals surface area contributed by atoms with Crippen LogP contribution in [0.15, 0.2) is 30.5 Å². The third kappa shape index (κ3) is 3.17. The van der Waals surface area contributed by atoms with Gasteiger partial charge in [0.15, 0.2) is 0 Å². The molecule has 2 rings (SSSR count). The zero-order valence-corrected chi connectivity index (χ0v) is 10.8. The van der Waals surface area contributed by atoms with Crippen molar-refractivity contribution in [3.05, 3.63) is 47.3 Å². The summed E-state index contributed by atoms with van der Waals surface area (Å²) in [5.41, 5.74) is 9.30. The second-order valence-corrected chi connectivity index (χ2v) is 4.49. The third-order valence-electron chi connectivity index (χ3n) is 2.99. The summed E-state index contributed by atoms with van der Waals surface area (Å²) in [5.74, 6) is 0. The number of rotatable bonds is 6. The summed E-state index contributed by atoms with van der Waals surface area (Å²) in [5, 5.41) is 8.04. The summed E-state index contributed by atoms with van der Waals surface area (Å²) in [6, 6.07) is 8.72. The van der Waals surface area contributed by atoms with Gasteiger partial charge in [-0.1, -0.05) is 42.8 Å². The molecular weight excluding hydrogens is 224 g/mol. The van der Waals surface area contributed by atoms with Crippen molar-refractivity contribution in [2.24, 2.45) is 5.73 Å². The first-order chi connectivity index (χ1) is 8.83. The standard InChI is InChI=1S/C14H20N4/c1-2-3-12-4-6-13(7-5-12)11-18-14(8-9-15)10-16-17-18/h4-7,10H,2-3,8-9,11,15H2,1H3. The second kappa shape index (κ2) is 6.31. The molecule has 0 saturated carbocycles. The number of aromatic nitrogens is 3. The summed E-state index contributed by atoms with van der Waals surface area (Å²) in [7, 11) is 0. The van der Waals surface area contributed by atoms with Crippen molar-refractivity contribution in [3.63, 3.8) is 0 Å². The van der Waals surface area contributed by atoms with E-state index < -0.39 is 0 Å². The summed E-state index contributed by atoms with van der Waals surface area (Å²) in [4.78, 5) is 0. The molecule has 18 heavy (non-hydrogen) atoms. The zero-order chi connectivity index (χ0) is 12.8. The van der Waals surface area contributed by atoms with Crippen LogP contribution in [0.4, 0.5) is 0 Å². The molecule has 0 bridgehead atoms. The molecule has 0 atom stereocenters. The molecule has 0 fully saturated rings. The minimum Gasteiger partial charge on any atom is -0.330 e. The fourth-order valence-corrected chi connectivity index (χ4v) is 2.03. The van der Waals surface area contributed by atoms with Gasteiger partial charge in [0.25, 0.3) is 0 Å². The largest absolute Gasteiger partial charge is 0.330 e. The van der Waals surface area contributed by atoms with E-state index in [1.54, 1.807) is 6.20 Å². The number of hydrogen-bond donors (Lipinski definition) is 1. The van der Waals surface area contributed by atoms with Gasteiger partial charge in [0.05, 0.1) is 18.4 Å². The average molecular weight is 244 g/mol. The van der Waals surface area contributed by atoms with Gasteiger partial charge in [-0.25, -0.2) is 4.68 Å². The van der Waals surface area contributed by atoms with E-state index in [4.69, 9.17) is 5.73 Å². The van der Waals surface area contributed by atoms with Gasteiger partial charge in [-0.15, -0.1) is 5.10 Å². The molecule has 2 N–H and O–H groups in total. The van der Waals surface area contributed by atoms with Crippen LogP contribution in [0, 0.1) is 0 Å². The van der Waals surface area contributed by atoms with Gasteiger partial charge in [0.1, 0.15) is 0 Å². The summed E-state index contributed by atoms with van der Waals surface area (Å²) in [6.07, 6.45) is 4.93. The Bertz CT molecular complexity index is 473. The van der Waals surface area contributed by atoms with E-state index in [9.17, 15) is 0 Å². The predicted octanol–water partition coefficient (Wildman–Crippen LogP) is 1.78. The Balaban J connectivity index is 2.06. The highest BCUT2D eigenvalue weighted by atomic mass is 15.4. The smallest absolute Gasteiger partial charge is 0.0725 e. The Labute approximate surface area is 108 Å². The lowest BCUT2D eigenvalue weighted by Gasteiger charge is -2.06. The van der Waals surface area contributed by atoms with Gasteiger partial charge in [-0.3, -0.25) is 0 Å². The molecule has 4 heteroatoms. The number of aryl methyl sites for hydroxylation is 1. The van der Waals surface area contributed by atoms with Gasteiger partial charge in [-0.05, 0) is 24.1 Å². The third-order valence-corrected chi connectivity index (χ3v) is 2.99. The maximum Gasteiger partial charge on any atom is 0.0725 e. The van der Waals surface area contributed by atoms with Crippen LogP contribution in [0.1, 0.15) is 30.2 Å². The maximum atomic E-state index is 5.57. The second-order valence-electron chi connectivity index (χ2n) is 4.49. The minimum atomic E-state index is 0.628. The predicted molar refractivity (Wildman–Crippen MR) is 72.3 cm³/mol. The number of nitrogens with zero attached hydrogens (tertiary/aromatic N) is 3. The molecule has 0 saturated heterocycles. The van der Waals surface area contributed by atoms with E-state index in [0.717, 1.165) is 25.1 Å². The molecule has 0 amide bonds. The molecule has 4 nitrogen and oxygen atoms in total. The van der Waals surface area contributed by atoms with Crippen LogP contribution in [0.5, 0.6) is 0 Å². The van der Waals surface area contributed by atoms with Crippen LogP contribution in [-0.4, -0.2) is 21.5 Å². The van der Waals surface area contributed by atoms with Crippen molar-refractivity contribution in [3.8, 4) is 0 Å². The molecule has 96 valence electrons. The van der Waals surface area contributed by atoms with Crippen LogP contribution < -0.4 is 5.73 Å². The molecule has 0 unspecified atom stereocenters. The Morgan fingerprint density at radius 2 is 1.83 bits per heavy atom. The van der Waals surface area contributed by atoms with Crippen molar-refractivity contribution in [1.82, 2.24) is 15.0 Å². The zero-order valence-electron chi connectivity index (χ0n) is 10.8. The van der Waals surface area contributed by atoms with Crippen molar-refractivity contribution < 1.29 is 0 Å². The van der Waals surface area contributed by atoms with E-state index in [2.05, 4.69) is 41.5 Å². The quantitative estimate of drug-likeness (QED) is 0.842. The maximum absolute atomic E-state index is 5.57. The van der Waals surface area contributed by atoms with Gasteiger partial charge in [0.2, 0.25) is 0 Å². The summed E-state index contributed by atoms with van der Waals surface area (Å²) in [6.45, 7) is 3.59. The van der Waals surface area contributed by atoms with Gasteiger partial charge in [0, 0.05) is 6.42 Å². The molecule has 0 spiro atoms. The number of hydrogen-bond acceptors (Lipinski definition) is 3. The highest BCUT2D eigenvalue weighted by Gasteiger charge is 2.03. The summed E-state index contributed by atoms with van der Waals surface area (Å²) >= 11 is 0. The van der Waals surface area contributed by atoms with E-state index in [0.29, 0.717) is 6.54 Å². The molecule has 0 aliphatic carbocycles. The topological polar surface area (TPSA) is 56.7 Å². The monoisotopic (exact) mass is 244 g/mol. The first-order valence-corrected chi connectivity index (χ1v) is 6.48. The van der Waals surface area contributed by atoms with Crippen molar-refractivity contribution in [1.29, 1.82) is 0 Å². The van der Waals surface area contributed by atoms with Gasteiger partial charge < -0.3 is 5.73 Å². The fourth-order valence-electron chi connectivity index (χ4n) is 2.03. The van der Waals surface area contributed by atoms with Crippen LogP contribution >= 0.6 is 0 Å². The molecule has 2 aromatic rings. The molecule has 0 radical (unpaired) electrons. The lowest BCUT2D eigenvalue weighted by atomic mass is 10.1. The molecule has 0 aliphatic heterocycles. The Morgan fingerprint density at radius 3 is 2.50 bits per heavy atom. The SMILES string of the molecule is CCCc1ccc(Cn2nncc2CCN)cc1. The number of nitrogens with two attached hydrogens (primary N) is 1. The molecule has 0 aliphatic rings. The normalized spacial score (nSPS) is 10.8. The molecular formula is C14H20N4. The van der Waals surface area contributed by atoms with Crippen LogP contribution in [0.2, 0.25) is 0 Å². The van der Waals surface area contributed by atoms with Crippen molar-refractivity contribution in [2.75, 3.05) is 6.54 Å². The Kier molecular flexibility index (Phi) is 4.47. The van der Waals surface area contributed by atoms with Crippen molar-refractivity contribution >= 4 is 0 Å². The highest BCUT2D eigenvalue weighted by molar-refractivity contribution is 5.23. The summed E-state index contributed by atoms with van der Waals surface area (Å²) < 4.78 is 1.92. The van der Waals surface area contributed by atoms with E-state index in [1.807, 2.05) is 4.68 Å². The average Bonchev–Trinajstić information content (AvgIpc) is 2.80. The van der Waals surface area contributed by atoms with Crippen LogP contribution in [0.25, 0.3) is 0 Å². The van der Waals surface area contributed by atoms with E-state index in [1.165, 1.54) is 17.5 Å². The van der Waals surface area contributed by atoms with E-state index >= 15 is 0 Å². The van der Waals surface area contributed by atoms with E-state index in [-0.39, 0.29) is 0 Å². The molecule has 1 aromatic heterocycles. The number of benzene rings is 1. The Morgan fingerprint density at radius 1 is 1.11 bits per heavy atom. The van der Waals surface area contributed by atoms with Gasteiger partial charge in [-0.2, -0.15) is 0 Å². The first-order valence-electron chi connectivity index (χ1n) is 6.48. The lowest BCUT2D eigenvalue weighted by molar-refractivity contribution is 0.617. The fraction of sp³-hybridized carbons (Fsp3) is 0.429.